The molecule has 4 aromatic rings. The van der Waals surface area contributed by atoms with Gasteiger partial charge in [-0.1, -0.05) is 35.0 Å². The molecule has 7 nitrogen and oxygen atoms in total. The molecule has 0 bridgehead atoms. The molecule has 2 N–H and O–H groups in total. The molecule has 0 unspecified atom stereocenters. The molecular formula is C29H27BrN4O3S. The minimum absolute atomic E-state index is 0.0899. The highest BCUT2D eigenvalue weighted by Gasteiger charge is 2.43. The van der Waals surface area contributed by atoms with Gasteiger partial charge in [0.25, 0.3) is 0 Å². The Labute approximate surface area is 235 Å². The number of carbonyl (C=O) groups is 1. The SMILES string of the molecule is CCC(=O)Nc1ccc(N2C(=S)N[C@H](c3ccccn3)[C@H]2c2ccc(-c3ccc(C)cc3Br)o2)cc1OC. The first-order valence-corrected chi connectivity index (χ1v) is 13.4. The number of hydrogen-bond donors (Lipinski definition) is 2. The number of rotatable bonds is 7. The lowest BCUT2D eigenvalue weighted by molar-refractivity contribution is -0.115. The van der Waals surface area contributed by atoms with Crippen LogP contribution in [0.1, 0.15) is 42.4 Å². The Bertz CT molecular complexity index is 1490. The number of amides is 1. The minimum Gasteiger partial charge on any atom is -0.494 e. The Balaban J connectivity index is 1.58. The summed E-state index contributed by atoms with van der Waals surface area (Å²) in [7, 11) is 1.58. The van der Waals surface area contributed by atoms with Crippen molar-refractivity contribution in [3.63, 3.8) is 0 Å². The first-order valence-electron chi connectivity index (χ1n) is 12.2. The Morgan fingerprint density at radius 1 is 1.18 bits per heavy atom. The van der Waals surface area contributed by atoms with Crippen LogP contribution in [0.3, 0.4) is 0 Å². The van der Waals surface area contributed by atoms with Gasteiger partial charge in [-0.3, -0.25) is 9.78 Å². The van der Waals surface area contributed by atoms with Crippen molar-refractivity contribution >= 4 is 50.5 Å². The van der Waals surface area contributed by atoms with Crippen LogP contribution in [0.15, 0.2) is 81.8 Å². The lowest BCUT2D eigenvalue weighted by Gasteiger charge is -2.27. The second kappa shape index (κ2) is 11.0. The highest BCUT2D eigenvalue weighted by molar-refractivity contribution is 9.10. The number of furan rings is 1. The maximum atomic E-state index is 12.0. The number of ether oxygens (including phenoxy) is 1. The number of carbonyl (C=O) groups excluding carboxylic acids is 1. The smallest absolute Gasteiger partial charge is 0.224 e. The van der Waals surface area contributed by atoms with E-state index in [1.165, 1.54) is 0 Å². The van der Waals surface area contributed by atoms with Gasteiger partial charge < -0.3 is 24.7 Å². The predicted octanol–water partition coefficient (Wildman–Crippen LogP) is 6.95. The normalized spacial score (nSPS) is 16.8. The molecule has 2 aromatic carbocycles. The van der Waals surface area contributed by atoms with Crippen molar-refractivity contribution in [1.29, 1.82) is 0 Å². The summed E-state index contributed by atoms with van der Waals surface area (Å²) >= 11 is 9.51. The molecule has 1 aliphatic heterocycles. The summed E-state index contributed by atoms with van der Waals surface area (Å²) in [6.07, 6.45) is 2.14. The molecule has 38 heavy (non-hydrogen) atoms. The van der Waals surface area contributed by atoms with Crippen LogP contribution in [0, 0.1) is 6.92 Å². The monoisotopic (exact) mass is 590 g/mol. The van der Waals surface area contributed by atoms with Crippen LogP contribution < -0.4 is 20.3 Å². The summed E-state index contributed by atoms with van der Waals surface area (Å²) in [6, 6.07) is 21.0. The molecule has 1 aliphatic rings. The number of nitrogens with zero attached hydrogens (tertiary/aromatic N) is 2. The number of thiocarbonyl (C=S) groups is 1. The van der Waals surface area contributed by atoms with Crippen LogP contribution in [0.5, 0.6) is 5.75 Å². The first kappa shape index (κ1) is 25.9. The molecule has 1 saturated heterocycles. The molecule has 0 spiro atoms. The van der Waals surface area contributed by atoms with Gasteiger partial charge in [0.15, 0.2) is 5.11 Å². The van der Waals surface area contributed by atoms with E-state index < -0.39 is 0 Å². The maximum absolute atomic E-state index is 12.0. The molecule has 194 valence electrons. The average Bonchev–Trinajstić information content (AvgIpc) is 3.54. The Morgan fingerprint density at radius 3 is 2.74 bits per heavy atom. The summed E-state index contributed by atoms with van der Waals surface area (Å²) in [4.78, 5) is 18.6. The van der Waals surface area contributed by atoms with Gasteiger partial charge in [0, 0.05) is 34.4 Å². The first-order chi connectivity index (χ1) is 18.4. The molecule has 3 heterocycles. The molecule has 1 fully saturated rings. The molecule has 0 saturated carbocycles. The second-order valence-electron chi connectivity index (χ2n) is 8.97. The van der Waals surface area contributed by atoms with Crippen LogP contribution in [-0.4, -0.2) is 23.1 Å². The van der Waals surface area contributed by atoms with Crippen LogP contribution in [0.2, 0.25) is 0 Å². The van der Waals surface area contributed by atoms with Crippen LogP contribution in [0.25, 0.3) is 11.3 Å². The zero-order valence-electron chi connectivity index (χ0n) is 21.2. The number of nitrogens with one attached hydrogen (secondary N) is 2. The summed E-state index contributed by atoms with van der Waals surface area (Å²) in [5, 5.41) is 6.86. The fourth-order valence-electron chi connectivity index (χ4n) is 4.57. The highest BCUT2D eigenvalue weighted by Crippen LogP contribution is 2.44. The third-order valence-electron chi connectivity index (χ3n) is 6.46. The van der Waals surface area contributed by atoms with Crippen LogP contribution in [0.4, 0.5) is 11.4 Å². The number of hydrogen-bond acceptors (Lipinski definition) is 5. The Hall–Kier alpha value is -3.69. The van der Waals surface area contributed by atoms with Crippen molar-refractivity contribution in [2.24, 2.45) is 0 Å². The van der Waals surface area contributed by atoms with Crippen LogP contribution >= 0.6 is 28.1 Å². The number of benzene rings is 2. The second-order valence-corrected chi connectivity index (χ2v) is 10.2. The van der Waals surface area contributed by atoms with Gasteiger partial charge in [0.05, 0.1) is 24.5 Å². The van der Waals surface area contributed by atoms with E-state index in [-0.39, 0.29) is 18.0 Å². The lowest BCUT2D eigenvalue weighted by atomic mass is 10.0. The molecule has 9 heteroatoms. The van der Waals surface area contributed by atoms with Gasteiger partial charge in [0.2, 0.25) is 5.91 Å². The third kappa shape index (κ3) is 5.04. The summed E-state index contributed by atoms with van der Waals surface area (Å²) in [5.41, 5.74) is 4.37. The largest absolute Gasteiger partial charge is 0.494 e. The van der Waals surface area contributed by atoms with E-state index in [1.807, 2.05) is 59.5 Å². The van der Waals surface area contributed by atoms with E-state index in [9.17, 15) is 4.79 Å². The van der Waals surface area contributed by atoms with E-state index in [2.05, 4.69) is 50.6 Å². The van der Waals surface area contributed by atoms with E-state index in [1.54, 1.807) is 20.2 Å². The molecule has 2 aromatic heterocycles. The van der Waals surface area contributed by atoms with Crippen molar-refractivity contribution in [3.8, 4) is 17.1 Å². The fraction of sp³-hybridized carbons (Fsp3) is 0.207. The number of pyridine rings is 1. The Morgan fingerprint density at radius 2 is 2.03 bits per heavy atom. The molecule has 0 radical (unpaired) electrons. The number of halogens is 1. The van der Waals surface area contributed by atoms with Gasteiger partial charge >= 0.3 is 0 Å². The molecule has 0 aliphatic carbocycles. The van der Waals surface area contributed by atoms with Gasteiger partial charge in [-0.25, -0.2) is 0 Å². The number of anilines is 2. The summed E-state index contributed by atoms with van der Waals surface area (Å²) in [6.45, 7) is 3.86. The number of aromatic nitrogens is 1. The van der Waals surface area contributed by atoms with Crippen molar-refractivity contribution in [2.45, 2.75) is 32.4 Å². The topological polar surface area (TPSA) is 79.6 Å². The fourth-order valence-corrected chi connectivity index (χ4v) is 5.60. The molecular weight excluding hydrogens is 564 g/mol. The van der Waals surface area contributed by atoms with E-state index >= 15 is 0 Å². The molecule has 2 atom stereocenters. The van der Waals surface area contributed by atoms with Crippen molar-refractivity contribution in [3.05, 3.63) is 94.4 Å². The number of methoxy groups -OCH3 is 1. The van der Waals surface area contributed by atoms with Gasteiger partial charge in [0.1, 0.15) is 23.3 Å². The lowest BCUT2D eigenvalue weighted by Crippen LogP contribution is -2.29. The van der Waals surface area contributed by atoms with E-state index in [0.29, 0.717) is 23.0 Å². The van der Waals surface area contributed by atoms with Crippen LogP contribution in [-0.2, 0) is 4.79 Å². The zero-order chi connectivity index (χ0) is 26.8. The van der Waals surface area contributed by atoms with Gasteiger partial charge in [-0.15, -0.1) is 0 Å². The van der Waals surface area contributed by atoms with E-state index in [0.717, 1.165) is 38.5 Å². The minimum atomic E-state index is -0.323. The summed E-state index contributed by atoms with van der Waals surface area (Å²) in [5.74, 6) is 1.93. The van der Waals surface area contributed by atoms with Crippen molar-refractivity contribution in [2.75, 3.05) is 17.3 Å². The molecule has 1 amide bonds. The third-order valence-corrected chi connectivity index (χ3v) is 7.44. The quantitative estimate of drug-likeness (QED) is 0.225. The zero-order valence-corrected chi connectivity index (χ0v) is 23.6. The standard InChI is InChI=1S/C29H27BrN4O3S/c1-4-26(35)32-21-11-9-18(16-25(21)36-3)34-28(27(33-29(34)38)22-7-5-6-14-31-22)24-13-12-23(37-24)19-10-8-17(2)15-20(19)30/h5-16,27-28H,4H2,1-3H3,(H,32,35)(H,33,38)/t27-,28-/m1/s1. The Kier molecular flexibility index (Phi) is 7.49. The predicted molar refractivity (Wildman–Crippen MR) is 156 cm³/mol. The van der Waals surface area contributed by atoms with Crippen molar-refractivity contribution in [1.82, 2.24) is 10.3 Å². The average molecular weight is 592 g/mol. The van der Waals surface area contributed by atoms with Gasteiger partial charge in [-0.2, -0.15) is 0 Å². The van der Waals surface area contributed by atoms with E-state index in [4.69, 9.17) is 21.4 Å². The highest BCUT2D eigenvalue weighted by atomic mass is 79.9. The molecule has 5 rings (SSSR count). The van der Waals surface area contributed by atoms with Gasteiger partial charge in [-0.05, 0) is 73.2 Å². The maximum Gasteiger partial charge on any atom is 0.224 e. The number of aryl methyl sites for hydroxylation is 1. The van der Waals surface area contributed by atoms with Crippen molar-refractivity contribution < 1.29 is 13.9 Å². The summed E-state index contributed by atoms with van der Waals surface area (Å²) < 4.78 is 13.1.